The SMILES string of the molecule is C=CC(=O)N1CC2CNc3c(c4cc(F)c(-c5c(N)cccc5F)c(F)c4n(-c4c(C)ccnc4C(C)C)c3=O)N2CC1C.C=CC(=O)N1CC2COc3c(c4cc(F)c(-c5c(N)cccc5F)c(F)c4n(-c4c(C)ccnc4C(C)C)c3=O)N2CC1C.C=CC(=O)N1CC2Cc3c(c4cc(F)c(-c5c(O)cccc5Cl)nc4n(-c4c(C)ccnc4C(C)C)c3=O)N2CC1C. The Balaban J connectivity index is 0.000000143. The molecule has 6 unspecified atom stereocenters. The number of hydrogen-bond acceptors (Lipinski definition) is 18. The Kier molecular flexibility index (Phi) is 23.9. The number of nitrogens with two attached hydrogens (primary N) is 2. The van der Waals surface area contributed by atoms with E-state index < -0.39 is 80.1 Å². The maximum Gasteiger partial charge on any atom is 0.300 e. The van der Waals surface area contributed by atoms with Crippen molar-refractivity contribution in [3.05, 3.63) is 264 Å². The number of aromatic nitrogens is 7. The van der Waals surface area contributed by atoms with Gasteiger partial charge in [-0.15, -0.1) is 0 Å². The van der Waals surface area contributed by atoms with Gasteiger partial charge in [-0.2, -0.15) is 0 Å². The Morgan fingerprint density at radius 1 is 0.500 bits per heavy atom. The molecule has 672 valence electrons. The largest absolute Gasteiger partial charge is 0.507 e. The van der Waals surface area contributed by atoms with E-state index in [1.54, 1.807) is 71.4 Å². The van der Waals surface area contributed by atoms with E-state index in [9.17, 15) is 33.9 Å². The van der Waals surface area contributed by atoms with Gasteiger partial charge in [0, 0.05) is 133 Å². The number of amides is 3. The molecule has 3 saturated heterocycles. The van der Waals surface area contributed by atoms with E-state index in [2.05, 4.69) is 44.9 Å². The third-order valence-electron chi connectivity index (χ3n) is 25.5. The number of carbonyl (C=O) groups excluding carboxylic acids is 3. The molecule has 32 heteroatoms. The van der Waals surface area contributed by atoms with Crippen molar-refractivity contribution in [1.82, 2.24) is 48.3 Å². The molecule has 6 aliphatic rings. The fourth-order valence-electron chi connectivity index (χ4n) is 19.4. The predicted molar refractivity (Wildman–Crippen MR) is 493 cm³/mol. The zero-order chi connectivity index (χ0) is 93.3. The maximum absolute atomic E-state index is 17.1. The second kappa shape index (κ2) is 34.6. The standard InChI is InChI=1S/C33H33F3N6O2.C33H32F3N5O3.C32H31ClFN5O3/c1-6-24(43)40-15-19-13-39-29-32(41(19)14-18(40)5)20-12-22(35)26(25-21(34)8-7-9-23(25)37)27(36)31(20)42(33(29)44)30-17(4)10-11-38-28(30)16(2)3;1-6-24(42)39-14-19-15-44-32-31(40(19)13-18(39)5)20-12-22(35)26(25-21(34)8-7-9-23(25)37)27(36)30(20)41(33(32)43)29-17(4)10-11-38-28(29)16(2)3;1-6-25(41)37-15-19-12-21-30(38(19)14-18(37)5)20-13-23(34)28(26-22(33)8-7-9-24(26)40)36-31(20)39(32(21)42)29-17(4)10-11-35-27(29)16(2)3/h6-12,16,18-19,39H,1,13-15,37H2,2-5H3;6-12,16,18-19H,1,13-15,37H2,2-5H3;6-11,13,16,18-19,40H,1,12,14-15H2,2-5H3. The number of rotatable bonds is 12. The molecular weight excluding hydrogens is 1700 g/mol. The molecule has 0 saturated carbocycles. The molecule has 6 N–H and O–H groups in total. The summed E-state index contributed by atoms with van der Waals surface area (Å²) in [5, 5.41) is 14.7. The van der Waals surface area contributed by atoms with Crippen LogP contribution < -0.4 is 52.9 Å². The van der Waals surface area contributed by atoms with Crippen LogP contribution in [0.2, 0.25) is 5.02 Å². The summed E-state index contributed by atoms with van der Waals surface area (Å²) < 4.78 is 123. The lowest BCUT2D eigenvalue weighted by Gasteiger charge is -2.49. The number of ether oxygens (including phenoxy) is 1. The van der Waals surface area contributed by atoms with Crippen LogP contribution in [-0.4, -0.2) is 160 Å². The van der Waals surface area contributed by atoms with Crippen LogP contribution in [0.5, 0.6) is 11.5 Å². The van der Waals surface area contributed by atoms with Crippen LogP contribution in [0.4, 0.5) is 64.9 Å². The Bertz CT molecular complexity index is 6660. The van der Waals surface area contributed by atoms with Gasteiger partial charge in [-0.3, -0.25) is 57.4 Å². The van der Waals surface area contributed by atoms with E-state index in [1.807, 2.05) is 85.1 Å². The number of aromatic hydroxyl groups is 1. The molecule has 5 aromatic carbocycles. The van der Waals surface area contributed by atoms with Crippen LogP contribution in [0.25, 0.3) is 83.4 Å². The fourth-order valence-corrected chi connectivity index (χ4v) is 19.7. The number of pyridine rings is 7. The zero-order valence-electron chi connectivity index (χ0n) is 73.6. The molecular formula is C98H96ClF7N16O8. The van der Waals surface area contributed by atoms with Crippen molar-refractivity contribution in [2.24, 2.45) is 0 Å². The summed E-state index contributed by atoms with van der Waals surface area (Å²) in [7, 11) is 0. The molecule has 6 aliphatic heterocycles. The number of halogens is 8. The number of fused-ring (bicyclic) bond motifs is 15. The lowest BCUT2D eigenvalue weighted by molar-refractivity contribution is -0.129. The minimum Gasteiger partial charge on any atom is -0.507 e. The van der Waals surface area contributed by atoms with Crippen LogP contribution >= 0.6 is 11.6 Å². The van der Waals surface area contributed by atoms with Crippen molar-refractivity contribution < 1.29 is 55.0 Å². The summed E-state index contributed by atoms with van der Waals surface area (Å²) in [4.78, 5) is 111. The predicted octanol–water partition coefficient (Wildman–Crippen LogP) is 16.5. The highest BCUT2D eigenvalue weighted by atomic mass is 35.5. The molecule has 0 aliphatic carbocycles. The zero-order valence-corrected chi connectivity index (χ0v) is 74.4. The number of piperazine rings is 3. The van der Waals surface area contributed by atoms with Crippen LogP contribution in [-0.2, 0) is 20.8 Å². The number of benzene rings is 5. The number of nitrogens with one attached hydrogen (secondary N) is 1. The molecule has 3 fully saturated rings. The average molecular weight is 1790 g/mol. The van der Waals surface area contributed by atoms with E-state index in [0.717, 1.165) is 29.8 Å². The first-order chi connectivity index (χ1) is 61.9. The molecule has 24 nitrogen and oxygen atoms in total. The Morgan fingerprint density at radius 2 is 0.923 bits per heavy atom. The van der Waals surface area contributed by atoms with E-state index in [4.69, 9.17) is 32.8 Å². The number of aryl methyl sites for hydroxylation is 3. The van der Waals surface area contributed by atoms with Gasteiger partial charge < -0.3 is 56.0 Å². The highest BCUT2D eigenvalue weighted by molar-refractivity contribution is 6.33. The van der Waals surface area contributed by atoms with Gasteiger partial charge in [-0.05, 0) is 167 Å². The van der Waals surface area contributed by atoms with E-state index in [-0.39, 0.29) is 169 Å². The van der Waals surface area contributed by atoms with E-state index >= 15 is 30.7 Å². The minimum atomic E-state index is -1.15. The molecule has 130 heavy (non-hydrogen) atoms. The summed E-state index contributed by atoms with van der Waals surface area (Å²) in [6.45, 7) is 36.0. The number of hydrogen-bond donors (Lipinski definition) is 4. The van der Waals surface area contributed by atoms with E-state index in [0.29, 0.717) is 107 Å². The minimum absolute atomic E-state index is 0.0201. The van der Waals surface area contributed by atoms with Gasteiger partial charge in [0.1, 0.15) is 52.7 Å². The summed E-state index contributed by atoms with van der Waals surface area (Å²) in [6.07, 6.45) is 9.13. The van der Waals surface area contributed by atoms with Crippen molar-refractivity contribution in [3.8, 4) is 62.1 Å². The maximum atomic E-state index is 17.1. The van der Waals surface area contributed by atoms with Crippen molar-refractivity contribution in [2.45, 2.75) is 144 Å². The summed E-state index contributed by atoms with van der Waals surface area (Å²) >= 11 is 6.43. The van der Waals surface area contributed by atoms with Crippen molar-refractivity contribution in [1.29, 1.82) is 0 Å². The van der Waals surface area contributed by atoms with Gasteiger partial charge in [-0.1, -0.05) is 91.1 Å². The number of nitrogen functional groups attached to an aromatic ring is 2. The first-order valence-corrected chi connectivity index (χ1v) is 43.2. The molecule has 3 amide bonds. The first-order valence-electron chi connectivity index (χ1n) is 42.8. The Morgan fingerprint density at radius 3 is 1.38 bits per heavy atom. The van der Waals surface area contributed by atoms with Crippen molar-refractivity contribution >= 4 is 96.3 Å². The van der Waals surface area contributed by atoms with E-state index in [1.165, 1.54) is 68.3 Å². The Hall–Kier alpha value is -13.8. The normalized spacial score (nSPS) is 17.9. The van der Waals surface area contributed by atoms with Crippen molar-refractivity contribution in [2.75, 3.05) is 83.9 Å². The monoisotopic (exact) mass is 1790 g/mol. The van der Waals surface area contributed by atoms with Crippen LogP contribution in [0.3, 0.4) is 0 Å². The number of phenolic OH excluding ortho intramolecular Hbond substituents is 1. The van der Waals surface area contributed by atoms with Crippen LogP contribution in [0.15, 0.2) is 162 Å². The molecule has 6 atom stereocenters. The number of nitrogens with zero attached hydrogens (tertiary/aromatic N) is 13. The molecule has 0 bridgehead atoms. The third-order valence-corrected chi connectivity index (χ3v) is 25.8. The highest BCUT2D eigenvalue weighted by Crippen LogP contribution is 2.50. The van der Waals surface area contributed by atoms with Crippen LogP contribution in [0.1, 0.15) is 119 Å². The molecule has 12 aromatic rings. The van der Waals surface area contributed by atoms with Gasteiger partial charge in [0.25, 0.3) is 16.7 Å². The number of phenols is 1. The topological polar surface area (TPSA) is 282 Å². The summed E-state index contributed by atoms with van der Waals surface area (Å²) in [5.41, 5.74) is 14.8. The van der Waals surface area contributed by atoms with Gasteiger partial charge in [0.2, 0.25) is 23.5 Å². The number of anilines is 6. The first kappa shape index (κ1) is 89.5. The molecule has 13 heterocycles. The molecule has 18 rings (SSSR count). The molecule has 0 radical (unpaired) electrons. The third kappa shape index (κ3) is 14.8. The second-order valence-corrected chi connectivity index (χ2v) is 35.2. The average Bonchev–Trinajstić information content (AvgIpc) is 0.856. The lowest BCUT2D eigenvalue weighted by Crippen LogP contribution is -2.62. The second-order valence-electron chi connectivity index (χ2n) is 34.8. The van der Waals surface area contributed by atoms with Crippen LogP contribution in [0, 0.1) is 61.5 Å². The smallest absolute Gasteiger partial charge is 0.300 e. The van der Waals surface area contributed by atoms with Gasteiger partial charge >= 0.3 is 0 Å². The van der Waals surface area contributed by atoms with Crippen molar-refractivity contribution in [3.63, 3.8) is 0 Å². The fraction of sp³-hybridized carbons (Fsp3) is 0.306. The highest BCUT2D eigenvalue weighted by Gasteiger charge is 2.46. The number of carbonyl (C=O) groups is 3. The van der Waals surface area contributed by atoms with Gasteiger partial charge in [0.05, 0.1) is 102 Å². The Labute approximate surface area is 748 Å². The van der Waals surface area contributed by atoms with Gasteiger partial charge in [0.15, 0.2) is 17.5 Å². The molecule has 0 spiro atoms. The van der Waals surface area contributed by atoms with Gasteiger partial charge in [-0.25, -0.2) is 35.7 Å². The summed E-state index contributed by atoms with van der Waals surface area (Å²) in [5.74, 6) is -8.10. The quantitative estimate of drug-likeness (QED) is 0.0502. The summed E-state index contributed by atoms with van der Waals surface area (Å²) in [6, 6.07) is 19.4. The lowest BCUT2D eigenvalue weighted by atomic mass is 9.95. The molecule has 7 aromatic heterocycles.